The zero-order chi connectivity index (χ0) is 26.5. The Morgan fingerprint density at radius 1 is 0.758 bits per heavy atom. The number of rotatable bonds is 8. The molecule has 0 heterocycles. The third-order valence-corrected chi connectivity index (χ3v) is 3.89. The van der Waals surface area contributed by atoms with Crippen LogP contribution in [-0.2, 0) is 23.9 Å². The molecule has 0 fully saturated rings. The number of allylic oxidation sites excluding steroid dienone is 8. The first-order chi connectivity index (χ1) is 15.1. The molecule has 0 radical (unpaired) electrons. The molecule has 0 aliphatic rings. The molecule has 0 rings (SSSR count). The molecule has 0 unspecified atom stereocenters. The standard InChI is InChI=1S/C13H20O3.C8H12O2.C5H9ClO/c1-5-6-7-8-9-10-11(14)16-12(15)13(2,3)4;1-2-3-4-5-6-7-8(9)10;1-5(2,3)4(6)7/h5-8H,9-10H2,1-4H3;2-5H,6-7H2,1H3,(H,9,10);1-3H3/b6-5+,8-7-;3-2+,5-4-;. The molecule has 0 amide bonds. The van der Waals surface area contributed by atoms with Crippen molar-refractivity contribution in [2.75, 3.05) is 0 Å². The van der Waals surface area contributed by atoms with Crippen molar-refractivity contribution in [2.24, 2.45) is 10.8 Å². The van der Waals surface area contributed by atoms with E-state index in [0.717, 1.165) is 0 Å². The summed E-state index contributed by atoms with van der Waals surface area (Å²) in [6.07, 6.45) is 16.6. The SMILES string of the molecule is C/C=C/C=C\CCC(=O)O.C/C=C/C=C\CCC(=O)OC(=O)C(C)(C)C.CC(C)(C)C(=O)Cl. The van der Waals surface area contributed by atoms with Crippen molar-refractivity contribution >= 4 is 34.8 Å². The summed E-state index contributed by atoms with van der Waals surface area (Å²) in [6, 6.07) is 0. The monoisotopic (exact) mass is 484 g/mol. The minimum atomic E-state index is -0.745. The van der Waals surface area contributed by atoms with E-state index in [9.17, 15) is 19.2 Å². The van der Waals surface area contributed by atoms with Crippen molar-refractivity contribution < 1.29 is 29.0 Å². The summed E-state index contributed by atoms with van der Waals surface area (Å²) in [4.78, 5) is 42.8. The summed E-state index contributed by atoms with van der Waals surface area (Å²) in [5.74, 6) is -1.69. The van der Waals surface area contributed by atoms with Crippen molar-refractivity contribution in [3.8, 4) is 0 Å². The van der Waals surface area contributed by atoms with Crippen LogP contribution in [0.1, 0.15) is 81.1 Å². The predicted molar refractivity (Wildman–Crippen MR) is 135 cm³/mol. The Morgan fingerprint density at radius 2 is 1.15 bits per heavy atom. The van der Waals surface area contributed by atoms with Crippen LogP contribution in [0.15, 0.2) is 48.6 Å². The summed E-state index contributed by atoms with van der Waals surface area (Å²) in [5.41, 5.74) is -1.00. The van der Waals surface area contributed by atoms with Crippen molar-refractivity contribution in [2.45, 2.75) is 81.1 Å². The molecule has 0 atom stereocenters. The van der Waals surface area contributed by atoms with Gasteiger partial charge >= 0.3 is 17.9 Å². The van der Waals surface area contributed by atoms with Crippen LogP contribution >= 0.6 is 11.6 Å². The first-order valence-corrected chi connectivity index (χ1v) is 11.2. The Kier molecular flexibility index (Phi) is 21.5. The Bertz CT molecular complexity index is 701. The molecular formula is C26H41ClO6. The molecule has 0 saturated carbocycles. The normalized spacial score (nSPS) is 11.8. The Hall–Kier alpha value is -2.47. The third-order valence-electron chi connectivity index (χ3n) is 3.33. The fourth-order valence-electron chi connectivity index (χ4n) is 1.29. The average molecular weight is 485 g/mol. The number of aliphatic carboxylic acids is 1. The first-order valence-electron chi connectivity index (χ1n) is 10.8. The first kappa shape index (κ1) is 35.1. The smallest absolute Gasteiger partial charge is 0.318 e. The van der Waals surface area contributed by atoms with E-state index in [4.69, 9.17) is 21.4 Å². The second-order valence-corrected chi connectivity index (χ2v) is 9.26. The van der Waals surface area contributed by atoms with Crippen molar-refractivity contribution in [3.05, 3.63) is 48.6 Å². The summed E-state index contributed by atoms with van der Waals surface area (Å²) >= 11 is 5.11. The van der Waals surface area contributed by atoms with Crippen LogP contribution < -0.4 is 0 Å². The molecule has 0 saturated heterocycles. The van der Waals surface area contributed by atoms with Crippen LogP contribution in [0.3, 0.4) is 0 Å². The van der Waals surface area contributed by atoms with Crippen LogP contribution in [0.2, 0.25) is 0 Å². The maximum absolute atomic E-state index is 11.3. The number of carboxylic acids is 1. The van der Waals surface area contributed by atoms with Gasteiger partial charge in [-0.3, -0.25) is 19.2 Å². The number of esters is 2. The molecule has 33 heavy (non-hydrogen) atoms. The van der Waals surface area contributed by atoms with Crippen molar-refractivity contribution in [1.29, 1.82) is 0 Å². The quantitative estimate of drug-likeness (QED) is 0.176. The fraction of sp³-hybridized carbons (Fsp3) is 0.538. The second-order valence-electron chi connectivity index (χ2n) is 8.91. The van der Waals surface area contributed by atoms with Crippen LogP contribution in [0.5, 0.6) is 0 Å². The highest BCUT2D eigenvalue weighted by Crippen LogP contribution is 2.16. The largest absolute Gasteiger partial charge is 0.481 e. The summed E-state index contributed by atoms with van der Waals surface area (Å²) < 4.78 is 4.69. The second kappa shape index (κ2) is 20.2. The van der Waals surface area contributed by atoms with E-state index in [2.05, 4.69) is 0 Å². The van der Waals surface area contributed by atoms with Gasteiger partial charge in [-0.1, -0.05) is 69.4 Å². The van der Waals surface area contributed by atoms with Gasteiger partial charge in [0.1, 0.15) is 0 Å². The van der Waals surface area contributed by atoms with Crippen LogP contribution in [0, 0.1) is 10.8 Å². The molecular weight excluding hydrogens is 444 g/mol. The molecule has 0 aromatic heterocycles. The Labute approximate surface area is 204 Å². The van der Waals surface area contributed by atoms with Gasteiger partial charge in [0, 0.05) is 18.3 Å². The zero-order valence-electron chi connectivity index (χ0n) is 21.3. The fourth-order valence-corrected chi connectivity index (χ4v) is 1.29. The van der Waals surface area contributed by atoms with Crippen LogP contribution in [0.25, 0.3) is 0 Å². The lowest BCUT2D eigenvalue weighted by atomic mass is 9.97. The van der Waals surface area contributed by atoms with Gasteiger partial charge in [-0.2, -0.15) is 0 Å². The number of hydrogen-bond donors (Lipinski definition) is 1. The van der Waals surface area contributed by atoms with Gasteiger partial charge in [0.15, 0.2) is 0 Å². The number of carbonyl (C=O) groups excluding carboxylic acids is 3. The molecule has 0 bridgehead atoms. The minimum Gasteiger partial charge on any atom is -0.481 e. The van der Waals surface area contributed by atoms with Crippen molar-refractivity contribution in [3.63, 3.8) is 0 Å². The van der Waals surface area contributed by atoms with Gasteiger partial charge in [0.25, 0.3) is 0 Å². The Balaban J connectivity index is -0.000000451. The van der Waals surface area contributed by atoms with E-state index in [1.165, 1.54) is 0 Å². The molecule has 0 aromatic rings. The molecule has 188 valence electrons. The summed E-state index contributed by atoms with van der Waals surface area (Å²) in [5, 5.41) is 7.93. The number of carboxylic acid groups (broad SMARTS) is 1. The minimum absolute atomic E-state index is 0.216. The van der Waals surface area contributed by atoms with Crippen molar-refractivity contribution in [1.82, 2.24) is 0 Å². The van der Waals surface area contributed by atoms with E-state index in [-0.39, 0.29) is 23.5 Å². The van der Waals surface area contributed by atoms with Gasteiger partial charge in [0.05, 0.1) is 5.41 Å². The van der Waals surface area contributed by atoms with E-state index >= 15 is 0 Å². The van der Waals surface area contributed by atoms with Crippen LogP contribution in [-0.4, -0.2) is 28.3 Å². The molecule has 0 aliphatic carbocycles. The van der Waals surface area contributed by atoms with E-state index < -0.39 is 23.3 Å². The molecule has 0 spiro atoms. The molecule has 7 heteroatoms. The lowest BCUT2D eigenvalue weighted by molar-refractivity contribution is -0.165. The molecule has 1 N–H and O–H groups in total. The molecule has 6 nitrogen and oxygen atoms in total. The number of hydrogen-bond acceptors (Lipinski definition) is 5. The number of halogens is 1. The number of ether oxygens (including phenoxy) is 1. The predicted octanol–water partition coefficient (Wildman–Crippen LogP) is 6.80. The summed E-state index contributed by atoms with van der Waals surface area (Å²) in [6.45, 7) is 14.3. The maximum Gasteiger partial charge on any atom is 0.318 e. The Morgan fingerprint density at radius 3 is 1.45 bits per heavy atom. The molecule has 0 aliphatic heterocycles. The lowest BCUT2D eigenvalue weighted by Crippen LogP contribution is -2.25. The maximum atomic E-state index is 11.3. The van der Waals surface area contributed by atoms with Gasteiger partial charge in [0.2, 0.25) is 5.24 Å². The van der Waals surface area contributed by atoms with Gasteiger partial charge in [-0.05, 0) is 59.1 Å². The van der Waals surface area contributed by atoms with Gasteiger partial charge in [-0.15, -0.1) is 0 Å². The number of carbonyl (C=O) groups is 4. The van der Waals surface area contributed by atoms with E-state index in [1.807, 2.05) is 62.5 Å². The van der Waals surface area contributed by atoms with Gasteiger partial charge in [-0.25, -0.2) is 0 Å². The van der Waals surface area contributed by atoms with E-state index in [0.29, 0.717) is 12.8 Å². The van der Waals surface area contributed by atoms with E-state index in [1.54, 1.807) is 41.5 Å². The molecule has 0 aromatic carbocycles. The zero-order valence-corrected chi connectivity index (χ0v) is 22.1. The summed E-state index contributed by atoms with van der Waals surface area (Å²) in [7, 11) is 0. The lowest BCUT2D eigenvalue weighted by Gasteiger charge is -2.14. The third kappa shape index (κ3) is 29.5. The highest BCUT2D eigenvalue weighted by molar-refractivity contribution is 6.64. The van der Waals surface area contributed by atoms with Gasteiger partial charge < -0.3 is 9.84 Å². The van der Waals surface area contributed by atoms with Crippen LogP contribution in [0.4, 0.5) is 0 Å². The highest BCUT2D eigenvalue weighted by Gasteiger charge is 2.25. The topological polar surface area (TPSA) is 97.7 Å². The average Bonchev–Trinajstić information content (AvgIpc) is 2.67. The highest BCUT2D eigenvalue weighted by atomic mass is 35.5.